The molecule has 0 aromatic rings. The second-order valence-corrected chi connectivity index (χ2v) is 7.01. The molecule has 2 heterocycles. The first kappa shape index (κ1) is 13.4. The summed E-state index contributed by atoms with van der Waals surface area (Å²) in [5.74, 6) is 0.354. The quantitative estimate of drug-likeness (QED) is 0.729. The van der Waals surface area contributed by atoms with E-state index in [2.05, 4.69) is 13.8 Å². The Balaban J connectivity index is 1.75. The highest BCUT2D eigenvalue weighted by Crippen LogP contribution is 2.41. The van der Waals surface area contributed by atoms with Gasteiger partial charge < -0.3 is 14.4 Å². The van der Waals surface area contributed by atoms with E-state index in [1.165, 1.54) is 12.8 Å². The van der Waals surface area contributed by atoms with E-state index in [9.17, 15) is 4.79 Å². The molecule has 1 unspecified atom stereocenters. The smallest absolute Gasteiger partial charge is 0.228 e. The van der Waals surface area contributed by atoms with Crippen LogP contribution in [0.15, 0.2) is 0 Å². The minimum Gasteiger partial charge on any atom is -0.381 e. The summed E-state index contributed by atoms with van der Waals surface area (Å²) in [6.07, 6.45) is 5.53. The van der Waals surface area contributed by atoms with Gasteiger partial charge in [-0.25, -0.2) is 0 Å². The lowest BCUT2D eigenvalue weighted by Gasteiger charge is -2.49. The van der Waals surface area contributed by atoms with Crippen molar-refractivity contribution in [3.05, 3.63) is 0 Å². The first-order chi connectivity index (χ1) is 9.00. The highest BCUT2D eigenvalue weighted by atomic mass is 16.5. The lowest BCUT2D eigenvalue weighted by molar-refractivity contribution is -0.199. The fourth-order valence-corrected chi connectivity index (χ4v) is 3.94. The van der Waals surface area contributed by atoms with Crippen LogP contribution in [-0.4, -0.2) is 48.3 Å². The van der Waals surface area contributed by atoms with Crippen molar-refractivity contribution < 1.29 is 14.3 Å². The van der Waals surface area contributed by atoms with Gasteiger partial charge >= 0.3 is 0 Å². The molecule has 0 aromatic heterocycles. The van der Waals surface area contributed by atoms with Crippen LogP contribution in [0.5, 0.6) is 0 Å². The largest absolute Gasteiger partial charge is 0.381 e. The Kier molecular flexibility index (Phi) is 3.34. The van der Waals surface area contributed by atoms with E-state index in [1.807, 2.05) is 4.90 Å². The highest BCUT2D eigenvalue weighted by Gasteiger charge is 2.47. The number of ether oxygens (including phenoxy) is 2. The SMILES string of the molecule is CC1(C)CN(C(=O)C2CCOC2)CC2(CCCC2)O1. The summed E-state index contributed by atoms with van der Waals surface area (Å²) in [6.45, 7) is 7.05. The summed E-state index contributed by atoms with van der Waals surface area (Å²) < 4.78 is 11.7. The lowest BCUT2D eigenvalue weighted by Crippen LogP contribution is -2.60. The Morgan fingerprint density at radius 2 is 1.95 bits per heavy atom. The molecule has 2 aliphatic heterocycles. The molecule has 1 atom stereocenters. The number of morpholine rings is 1. The Bertz CT molecular complexity index is 354. The zero-order valence-electron chi connectivity index (χ0n) is 12.1. The van der Waals surface area contributed by atoms with Gasteiger partial charge in [0.25, 0.3) is 0 Å². The third-order valence-electron chi connectivity index (χ3n) is 4.65. The number of hydrogen-bond donors (Lipinski definition) is 0. The van der Waals surface area contributed by atoms with E-state index in [1.54, 1.807) is 0 Å². The molecule has 3 rings (SSSR count). The Labute approximate surface area is 115 Å². The van der Waals surface area contributed by atoms with Gasteiger partial charge in [0.15, 0.2) is 0 Å². The number of nitrogens with zero attached hydrogens (tertiary/aromatic N) is 1. The summed E-state index contributed by atoms with van der Waals surface area (Å²) in [7, 11) is 0. The summed E-state index contributed by atoms with van der Waals surface area (Å²) in [5.41, 5.74) is -0.297. The second-order valence-electron chi connectivity index (χ2n) is 7.01. The molecular weight excluding hydrogens is 242 g/mol. The number of rotatable bonds is 1. The Morgan fingerprint density at radius 1 is 1.21 bits per heavy atom. The molecule has 3 fully saturated rings. The van der Waals surface area contributed by atoms with Crippen LogP contribution in [0.25, 0.3) is 0 Å². The minimum atomic E-state index is -0.224. The fraction of sp³-hybridized carbons (Fsp3) is 0.933. The number of carbonyl (C=O) groups is 1. The highest BCUT2D eigenvalue weighted by molar-refractivity contribution is 5.79. The van der Waals surface area contributed by atoms with Crippen molar-refractivity contribution in [3.8, 4) is 0 Å². The summed E-state index contributed by atoms with van der Waals surface area (Å²) in [4.78, 5) is 14.7. The van der Waals surface area contributed by atoms with Gasteiger partial charge in [-0.3, -0.25) is 4.79 Å². The molecule has 1 saturated carbocycles. The second kappa shape index (κ2) is 4.74. The normalized spacial score (nSPS) is 32.9. The Morgan fingerprint density at radius 3 is 2.58 bits per heavy atom. The number of carbonyl (C=O) groups excluding carboxylic acids is 1. The van der Waals surface area contributed by atoms with Crippen LogP contribution in [0, 0.1) is 5.92 Å². The van der Waals surface area contributed by atoms with Gasteiger partial charge in [0.05, 0.1) is 23.7 Å². The van der Waals surface area contributed by atoms with Crippen molar-refractivity contribution in [1.29, 1.82) is 0 Å². The maximum absolute atomic E-state index is 12.6. The van der Waals surface area contributed by atoms with E-state index in [4.69, 9.17) is 9.47 Å². The van der Waals surface area contributed by atoms with E-state index in [0.29, 0.717) is 13.2 Å². The van der Waals surface area contributed by atoms with Gasteiger partial charge in [0.1, 0.15) is 0 Å². The lowest BCUT2D eigenvalue weighted by atomic mass is 9.93. The van der Waals surface area contributed by atoms with Gasteiger partial charge in [-0.2, -0.15) is 0 Å². The van der Waals surface area contributed by atoms with Crippen LogP contribution < -0.4 is 0 Å². The first-order valence-electron chi connectivity index (χ1n) is 7.57. The molecule has 0 radical (unpaired) electrons. The van der Waals surface area contributed by atoms with E-state index in [-0.39, 0.29) is 23.0 Å². The molecule has 4 nitrogen and oxygen atoms in total. The fourth-order valence-electron chi connectivity index (χ4n) is 3.94. The molecule has 1 amide bonds. The molecule has 0 N–H and O–H groups in total. The van der Waals surface area contributed by atoms with Crippen LogP contribution in [0.4, 0.5) is 0 Å². The molecule has 1 spiro atoms. The van der Waals surface area contributed by atoms with Crippen molar-refractivity contribution in [2.75, 3.05) is 26.3 Å². The van der Waals surface area contributed by atoms with Gasteiger partial charge in [-0.05, 0) is 33.1 Å². The monoisotopic (exact) mass is 267 g/mol. The summed E-state index contributed by atoms with van der Waals surface area (Å²) in [6, 6.07) is 0. The molecule has 3 aliphatic rings. The van der Waals surface area contributed by atoms with Crippen LogP contribution in [0.1, 0.15) is 46.0 Å². The van der Waals surface area contributed by atoms with E-state index < -0.39 is 0 Å². The molecule has 2 saturated heterocycles. The number of amides is 1. The molecule has 1 aliphatic carbocycles. The van der Waals surface area contributed by atoms with Crippen molar-refractivity contribution in [3.63, 3.8) is 0 Å². The minimum absolute atomic E-state index is 0.0725. The molecule has 0 bridgehead atoms. The van der Waals surface area contributed by atoms with Crippen molar-refractivity contribution >= 4 is 5.91 Å². The predicted molar refractivity (Wildman–Crippen MR) is 71.9 cm³/mol. The maximum atomic E-state index is 12.6. The van der Waals surface area contributed by atoms with E-state index >= 15 is 0 Å². The summed E-state index contributed by atoms with van der Waals surface area (Å²) in [5, 5.41) is 0. The molecule has 4 heteroatoms. The van der Waals surface area contributed by atoms with Crippen LogP contribution >= 0.6 is 0 Å². The first-order valence-corrected chi connectivity index (χ1v) is 7.57. The molecule has 0 aromatic carbocycles. The van der Waals surface area contributed by atoms with Crippen molar-refractivity contribution in [2.45, 2.75) is 57.2 Å². The van der Waals surface area contributed by atoms with Gasteiger partial charge in [0.2, 0.25) is 5.91 Å². The average molecular weight is 267 g/mol. The topological polar surface area (TPSA) is 38.8 Å². The maximum Gasteiger partial charge on any atom is 0.228 e. The molecular formula is C15H25NO3. The van der Waals surface area contributed by atoms with Gasteiger partial charge in [-0.1, -0.05) is 12.8 Å². The molecule has 108 valence electrons. The standard InChI is InChI=1S/C15H25NO3/c1-14(2)10-16(13(17)12-5-8-18-9-12)11-15(19-14)6-3-4-7-15/h12H,3-11H2,1-2H3. The third-order valence-corrected chi connectivity index (χ3v) is 4.65. The third kappa shape index (κ3) is 2.65. The van der Waals surface area contributed by atoms with Crippen LogP contribution in [0.3, 0.4) is 0 Å². The Hall–Kier alpha value is -0.610. The summed E-state index contributed by atoms with van der Waals surface area (Å²) >= 11 is 0. The molecule has 19 heavy (non-hydrogen) atoms. The zero-order valence-corrected chi connectivity index (χ0v) is 12.1. The van der Waals surface area contributed by atoms with Gasteiger partial charge in [0, 0.05) is 19.7 Å². The average Bonchev–Trinajstić information content (AvgIpc) is 2.97. The van der Waals surface area contributed by atoms with Crippen molar-refractivity contribution in [2.24, 2.45) is 5.92 Å². The zero-order chi connectivity index (χ0) is 13.5. The predicted octanol–water partition coefficient (Wildman–Crippen LogP) is 1.97. The van der Waals surface area contributed by atoms with Gasteiger partial charge in [-0.15, -0.1) is 0 Å². The number of hydrogen-bond acceptors (Lipinski definition) is 3. The van der Waals surface area contributed by atoms with Crippen molar-refractivity contribution in [1.82, 2.24) is 4.90 Å². The van der Waals surface area contributed by atoms with Crippen LogP contribution in [0.2, 0.25) is 0 Å². The van der Waals surface area contributed by atoms with Crippen LogP contribution in [-0.2, 0) is 14.3 Å². The van der Waals surface area contributed by atoms with E-state index in [0.717, 1.165) is 32.4 Å².